The molecule has 0 saturated carbocycles. The predicted octanol–water partition coefficient (Wildman–Crippen LogP) is 4.17. The molecular weight excluding hydrogens is 461 g/mol. The number of nitrogens with zero attached hydrogens (tertiary/aromatic N) is 2. The predicted molar refractivity (Wildman–Crippen MR) is 111 cm³/mol. The van der Waals surface area contributed by atoms with Crippen LogP contribution < -0.4 is 9.46 Å². The first-order valence-corrected chi connectivity index (χ1v) is 10.6. The van der Waals surface area contributed by atoms with E-state index in [-0.39, 0.29) is 26.5 Å². The fourth-order valence-corrected chi connectivity index (χ4v) is 4.62. The number of methoxy groups -OCH3 is 1. The Labute approximate surface area is 182 Å². The highest BCUT2D eigenvalue weighted by Crippen LogP contribution is 2.30. The lowest BCUT2D eigenvalue weighted by molar-refractivity contribution is 0.0974. The molecular formula is C18H14Cl3N3O4S. The molecule has 3 aromatic rings. The minimum absolute atomic E-state index is 0.0704. The molecule has 0 spiro atoms. The van der Waals surface area contributed by atoms with Crippen molar-refractivity contribution in [3.8, 4) is 17.1 Å². The number of sulfonamides is 1. The second-order valence-corrected chi connectivity index (χ2v) is 8.67. The first-order valence-electron chi connectivity index (χ1n) is 8.03. The maximum Gasteiger partial charge on any atom is 0.284 e. The van der Waals surface area contributed by atoms with Crippen molar-refractivity contribution in [1.29, 1.82) is 0 Å². The lowest BCUT2D eigenvalue weighted by Gasteiger charge is -2.11. The van der Waals surface area contributed by atoms with Crippen LogP contribution in [0.15, 0.2) is 47.4 Å². The quantitative estimate of drug-likeness (QED) is 0.599. The van der Waals surface area contributed by atoms with Gasteiger partial charge in [-0.05, 0) is 24.3 Å². The lowest BCUT2D eigenvalue weighted by atomic mass is 10.2. The number of aromatic nitrogens is 2. The van der Waals surface area contributed by atoms with E-state index < -0.39 is 15.9 Å². The van der Waals surface area contributed by atoms with Crippen LogP contribution in [0.3, 0.4) is 0 Å². The number of benzene rings is 2. The highest BCUT2D eigenvalue weighted by Gasteiger charge is 2.27. The zero-order valence-corrected chi connectivity index (χ0v) is 18.2. The number of hydrogen-bond acceptors (Lipinski definition) is 5. The SMILES string of the molecule is COc1ccc(Cl)c(S(=O)(=O)NC(=O)c2c(Cl)nc(-c3ccccc3Cl)n2C)c1. The molecule has 0 radical (unpaired) electrons. The smallest absolute Gasteiger partial charge is 0.284 e. The highest BCUT2D eigenvalue weighted by molar-refractivity contribution is 7.90. The molecule has 29 heavy (non-hydrogen) atoms. The molecule has 1 heterocycles. The summed E-state index contributed by atoms with van der Waals surface area (Å²) in [6, 6.07) is 10.9. The molecule has 152 valence electrons. The van der Waals surface area contributed by atoms with Gasteiger partial charge in [0.05, 0.1) is 17.2 Å². The number of rotatable bonds is 5. The standard InChI is InChI=1S/C18H14Cl3N3O4S/c1-24-15(16(21)22-17(24)11-5-3-4-6-12(11)19)18(25)23-29(26,27)14-9-10(28-2)7-8-13(14)20/h3-9H,1-2H3,(H,23,25). The highest BCUT2D eigenvalue weighted by atomic mass is 35.5. The Kier molecular flexibility index (Phi) is 6.09. The summed E-state index contributed by atoms with van der Waals surface area (Å²) in [7, 11) is -1.40. The average molecular weight is 475 g/mol. The van der Waals surface area contributed by atoms with Crippen LogP contribution >= 0.6 is 34.8 Å². The molecule has 0 unspecified atom stereocenters. The second kappa shape index (κ2) is 8.23. The van der Waals surface area contributed by atoms with Gasteiger partial charge in [0, 0.05) is 18.7 Å². The number of imidazole rings is 1. The summed E-state index contributed by atoms with van der Waals surface area (Å²) in [5.41, 5.74) is 0.389. The molecule has 1 N–H and O–H groups in total. The van der Waals surface area contributed by atoms with Gasteiger partial charge in [-0.3, -0.25) is 4.79 Å². The Balaban J connectivity index is 1.99. The summed E-state index contributed by atoms with van der Waals surface area (Å²) in [6.07, 6.45) is 0. The molecule has 0 aliphatic heterocycles. The normalized spacial score (nSPS) is 11.3. The molecule has 11 heteroatoms. The van der Waals surface area contributed by atoms with E-state index in [2.05, 4.69) is 4.98 Å². The molecule has 2 aromatic carbocycles. The second-order valence-electron chi connectivity index (χ2n) is 5.84. The van der Waals surface area contributed by atoms with Crippen LogP contribution in [0.4, 0.5) is 0 Å². The number of carbonyl (C=O) groups is 1. The fourth-order valence-electron chi connectivity index (χ4n) is 2.64. The van der Waals surface area contributed by atoms with Crippen LogP contribution in [0.25, 0.3) is 11.4 Å². The summed E-state index contributed by atoms with van der Waals surface area (Å²) < 4.78 is 33.7. The molecule has 0 saturated heterocycles. The maximum absolute atomic E-state index is 12.7. The van der Waals surface area contributed by atoms with E-state index in [4.69, 9.17) is 39.5 Å². The van der Waals surface area contributed by atoms with Gasteiger partial charge in [0.1, 0.15) is 22.2 Å². The van der Waals surface area contributed by atoms with Gasteiger partial charge in [-0.25, -0.2) is 18.1 Å². The Morgan fingerprint density at radius 2 is 1.79 bits per heavy atom. The fraction of sp³-hybridized carbons (Fsp3) is 0.111. The van der Waals surface area contributed by atoms with Gasteiger partial charge in [-0.1, -0.05) is 46.9 Å². The van der Waals surface area contributed by atoms with Gasteiger partial charge in [0.25, 0.3) is 15.9 Å². The van der Waals surface area contributed by atoms with Crippen molar-refractivity contribution in [2.45, 2.75) is 4.90 Å². The van der Waals surface area contributed by atoms with Gasteiger partial charge in [0.15, 0.2) is 5.15 Å². The van der Waals surface area contributed by atoms with Crippen molar-refractivity contribution >= 4 is 50.7 Å². The zero-order valence-electron chi connectivity index (χ0n) is 15.1. The Hall–Kier alpha value is -2.26. The van der Waals surface area contributed by atoms with Gasteiger partial charge < -0.3 is 9.30 Å². The van der Waals surface area contributed by atoms with E-state index in [1.54, 1.807) is 24.3 Å². The van der Waals surface area contributed by atoms with Gasteiger partial charge in [-0.2, -0.15) is 0 Å². The molecule has 1 aromatic heterocycles. The summed E-state index contributed by atoms with van der Waals surface area (Å²) in [5, 5.41) is 0.158. The third-order valence-electron chi connectivity index (χ3n) is 4.04. The topological polar surface area (TPSA) is 90.3 Å². The number of amides is 1. The zero-order chi connectivity index (χ0) is 21.3. The molecule has 0 aliphatic carbocycles. The van der Waals surface area contributed by atoms with Crippen molar-refractivity contribution in [1.82, 2.24) is 14.3 Å². The van der Waals surface area contributed by atoms with E-state index in [0.717, 1.165) is 0 Å². The largest absolute Gasteiger partial charge is 0.497 e. The third kappa shape index (κ3) is 4.20. The summed E-state index contributed by atoms with van der Waals surface area (Å²) in [6.45, 7) is 0. The van der Waals surface area contributed by atoms with Gasteiger partial charge >= 0.3 is 0 Å². The first kappa shape index (κ1) is 21.4. The van der Waals surface area contributed by atoms with Crippen LogP contribution in [-0.2, 0) is 17.1 Å². The van der Waals surface area contributed by atoms with Gasteiger partial charge in [0.2, 0.25) is 0 Å². The van der Waals surface area contributed by atoms with Crippen molar-refractivity contribution in [2.24, 2.45) is 7.05 Å². The summed E-state index contributed by atoms with van der Waals surface area (Å²) in [5.74, 6) is -0.397. The van der Waals surface area contributed by atoms with Crippen LogP contribution in [0.2, 0.25) is 15.2 Å². The van der Waals surface area contributed by atoms with Crippen LogP contribution in [0.5, 0.6) is 5.75 Å². The number of carbonyl (C=O) groups excluding carboxylic acids is 1. The first-order chi connectivity index (χ1) is 13.7. The Morgan fingerprint density at radius 3 is 2.45 bits per heavy atom. The van der Waals surface area contributed by atoms with E-state index in [1.807, 2.05) is 4.72 Å². The number of halogens is 3. The Bertz CT molecular complexity index is 1210. The average Bonchev–Trinajstić information content (AvgIpc) is 2.96. The third-order valence-corrected chi connectivity index (χ3v) is 6.44. The molecule has 0 aliphatic rings. The number of hydrogen-bond donors (Lipinski definition) is 1. The summed E-state index contributed by atoms with van der Waals surface area (Å²) >= 11 is 18.3. The van der Waals surface area contributed by atoms with Crippen LogP contribution in [0.1, 0.15) is 10.5 Å². The lowest BCUT2D eigenvalue weighted by Crippen LogP contribution is -2.32. The molecule has 3 rings (SSSR count). The number of ether oxygens (including phenoxy) is 1. The van der Waals surface area contributed by atoms with E-state index in [1.165, 1.54) is 36.9 Å². The van der Waals surface area contributed by atoms with Crippen molar-refractivity contribution < 1.29 is 17.9 Å². The van der Waals surface area contributed by atoms with E-state index >= 15 is 0 Å². The van der Waals surface area contributed by atoms with Crippen LogP contribution in [0, 0.1) is 0 Å². The van der Waals surface area contributed by atoms with E-state index in [0.29, 0.717) is 16.4 Å². The van der Waals surface area contributed by atoms with Crippen molar-refractivity contribution in [3.63, 3.8) is 0 Å². The minimum Gasteiger partial charge on any atom is -0.497 e. The van der Waals surface area contributed by atoms with Crippen molar-refractivity contribution in [3.05, 3.63) is 63.4 Å². The maximum atomic E-state index is 12.7. The molecule has 7 nitrogen and oxygen atoms in total. The molecule has 0 atom stereocenters. The van der Waals surface area contributed by atoms with E-state index in [9.17, 15) is 13.2 Å². The van der Waals surface area contributed by atoms with Crippen molar-refractivity contribution in [2.75, 3.05) is 7.11 Å². The summed E-state index contributed by atoms with van der Waals surface area (Å²) in [4.78, 5) is 16.6. The minimum atomic E-state index is -4.31. The van der Waals surface area contributed by atoms with Gasteiger partial charge in [-0.15, -0.1) is 0 Å². The van der Waals surface area contributed by atoms with Crippen LogP contribution in [-0.4, -0.2) is 31.0 Å². The monoisotopic (exact) mass is 473 g/mol. The Morgan fingerprint density at radius 1 is 1.10 bits per heavy atom. The molecule has 1 amide bonds. The molecule has 0 fully saturated rings. The number of nitrogens with one attached hydrogen (secondary N) is 1. The molecule has 0 bridgehead atoms.